The van der Waals surface area contributed by atoms with Crippen molar-refractivity contribution in [2.75, 3.05) is 13.2 Å². The monoisotopic (exact) mass is 263 g/mol. The largest absolute Gasteiger partial charge is 0.445 e. The van der Waals surface area contributed by atoms with Crippen LogP contribution in [0.2, 0.25) is 0 Å². The number of benzene rings is 1. The molecule has 0 radical (unpaired) electrons. The zero-order valence-corrected chi connectivity index (χ0v) is 11.1. The van der Waals surface area contributed by atoms with Gasteiger partial charge in [-0.05, 0) is 36.7 Å². The lowest BCUT2D eigenvalue weighted by Crippen LogP contribution is -2.30. The summed E-state index contributed by atoms with van der Waals surface area (Å²) >= 11 is 0. The SMILES string of the molecule is O=C(NCC1(CCCO)CC1)OCc1ccccc1. The van der Waals surface area contributed by atoms with Gasteiger partial charge < -0.3 is 15.2 Å². The molecule has 0 aromatic heterocycles. The first-order chi connectivity index (χ1) is 9.24. The minimum absolute atomic E-state index is 0.217. The third-order valence-corrected chi connectivity index (χ3v) is 3.64. The van der Waals surface area contributed by atoms with Gasteiger partial charge in [-0.15, -0.1) is 0 Å². The Balaban J connectivity index is 1.65. The van der Waals surface area contributed by atoms with Crippen LogP contribution in [0.3, 0.4) is 0 Å². The molecule has 19 heavy (non-hydrogen) atoms. The zero-order chi connectivity index (χ0) is 13.6. The van der Waals surface area contributed by atoms with Gasteiger partial charge in [-0.2, -0.15) is 0 Å². The van der Waals surface area contributed by atoms with Crippen LogP contribution in [0.5, 0.6) is 0 Å². The fourth-order valence-electron chi connectivity index (χ4n) is 2.18. The molecule has 0 aliphatic heterocycles. The van der Waals surface area contributed by atoms with Crippen molar-refractivity contribution in [2.45, 2.75) is 32.3 Å². The lowest BCUT2D eigenvalue weighted by Gasteiger charge is -2.15. The second-order valence-electron chi connectivity index (χ2n) is 5.24. The molecule has 2 N–H and O–H groups in total. The van der Waals surface area contributed by atoms with E-state index in [1.165, 1.54) is 0 Å². The van der Waals surface area contributed by atoms with Crippen molar-refractivity contribution in [3.05, 3.63) is 35.9 Å². The highest BCUT2D eigenvalue weighted by molar-refractivity contribution is 5.67. The summed E-state index contributed by atoms with van der Waals surface area (Å²) in [4.78, 5) is 11.6. The molecular formula is C15H21NO3. The second-order valence-corrected chi connectivity index (χ2v) is 5.24. The Morgan fingerprint density at radius 3 is 2.68 bits per heavy atom. The van der Waals surface area contributed by atoms with Gasteiger partial charge in [0.25, 0.3) is 0 Å². The Morgan fingerprint density at radius 2 is 2.05 bits per heavy atom. The highest BCUT2D eigenvalue weighted by atomic mass is 16.5. The number of aliphatic hydroxyl groups excluding tert-OH is 1. The minimum atomic E-state index is -0.362. The first-order valence-electron chi connectivity index (χ1n) is 6.80. The fourth-order valence-corrected chi connectivity index (χ4v) is 2.18. The van der Waals surface area contributed by atoms with Crippen LogP contribution in [-0.4, -0.2) is 24.4 Å². The Hall–Kier alpha value is -1.55. The topological polar surface area (TPSA) is 58.6 Å². The Bertz CT molecular complexity index is 401. The molecule has 1 aromatic carbocycles. The molecule has 0 bridgehead atoms. The molecular weight excluding hydrogens is 242 g/mol. The molecule has 1 amide bonds. The molecule has 1 aliphatic rings. The van der Waals surface area contributed by atoms with Crippen LogP contribution in [-0.2, 0) is 11.3 Å². The van der Waals surface area contributed by atoms with Crippen LogP contribution >= 0.6 is 0 Å². The maximum absolute atomic E-state index is 11.6. The second kappa shape index (κ2) is 6.57. The van der Waals surface area contributed by atoms with E-state index < -0.39 is 0 Å². The molecule has 4 nitrogen and oxygen atoms in total. The van der Waals surface area contributed by atoms with Crippen molar-refractivity contribution in [2.24, 2.45) is 5.41 Å². The molecule has 0 heterocycles. The molecule has 0 unspecified atom stereocenters. The molecule has 1 saturated carbocycles. The standard InChI is InChI=1S/C15H21NO3/c17-10-4-7-15(8-9-15)12-16-14(18)19-11-13-5-2-1-3-6-13/h1-3,5-6,17H,4,7-12H2,(H,16,18). The highest BCUT2D eigenvalue weighted by Gasteiger charge is 2.41. The van der Waals surface area contributed by atoms with Crippen LogP contribution < -0.4 is 5.32 Å². The fraction of sp³-hybridized carbons (Fsp3) is 0.533. The third kappa shape index (κ3) is 4.56. The van der Waals surface area contributed by atoms with E-state index in [0.29, 0.717) is 13.2 Å². The van der Waals surface area contributed by atoms with E-state index >= 15 is 0 Å². The number of hydrogen-bond acceptors (Lipinski definition) is 3. The molecule has 1 aromatic rings. The predicted molar refractivity (Wildman–Crippen MR) is 72.6 cm³/mol. The normalized spacial score (nSPS) is 15.8. The maximum atomic E-state index is 11.6. The quantitative estimate of drug-likeness (QED) is 0.794. The van der Waals surface area contributed by atoms with E-state index in [1.807, 2.05) is 30.3 Å². The van der Waals surface area contributed by atoms with Crippen molar-refractivity contribution < 1.29 is 14.6 Å². The first-order valence-corrected chi connectivity index (χ1v) is 6.80. The van der Waals surface area contributed by atoms with Crippen molar-refractivity contribution in [1.29, 1.82) is 0 Å². The van der Waals surface area contributed by atoms with E-state index in [-0.39, 0.29) is 18.1 Å². The summed E-state index contributed by atoms with van der Waals surface area (Å²) in [6, 6.07) is 9.63. The van der Waals surface area contributed by atoms with Gasteiger partial charge in [0.2, 0.25) is 0 Å². The van der Waals surface area contributed by atoms with Gasteiger partial charge in [0.1, 0.15) is 6.61 Å². The minimum Gasteiger partial charge on any atom is -0.445 e. The van der Waals surface area contributed by atoms with Crippen LogP contribution in [0.4, 0.5) is 4.79 Å². The summed E-state index contributed by atoms with van der Waals surface area (Å²) in [7, 11) is 0. The van der Waals surface area contributed by atoms with Crippen LogP contribution in [0, 0.1) is 5.41 Å². The molecule has 0 saturated heterocycles. The van der Waals surface area contributed by atoms with Crippen molar-refractivity contribution >= 4 is 6.09 Å². The van der Waals surface area contributed by atoms with Gasteiger partial charge in [0.15, 0.2) is 0 Å². The number of rotatable bonds is 7. The summed E-state index contributed by atoms with van der Waals surface area (Å²) < 4.78 is 5.16. The molecule has 104 valence electrons. The Kier molecular flexibility index (Phi) is 4.80. The van der Waals surface area contributed by atoms with Crippen LogP contribution in [0.25, 0.3) is 0 Å². The molecule has 0 atom stereocenters. The lowest BCUT2D eigenvalue weighted by molar-refractivity contribution is 0.137. The molecule has 0 spiro atoms. The lowest BCUT2D eigenvalue weighted by atomic mass is 10.0. The maximum Gasteiger partial charge on any atom is 0.407 e. The van der Waals surface area contributed by atoms with E-state index in [0.717, 1.165) is 31.2 Å². The highest BCUT2D eigenvalue weighted by Crippen LogP contribution is 2.48. The summed E-state index contributed by atoms with van der Waals surface area (Å²) in [6.45, 7) is 1.18. The Labute approximate surface area is 113 Å². The zero-order valence-electron chi connectivity index (χ0n) is 11.1. The number of amides is 1. The van der Waals surface area contributed by atoms with E-state index in [9.17, 15) is 4.79 Å². The van der Waals surface area contributed by atoms with Crippen LogP contribution in [0.1, 0.15) is 31.2 Å². The van der Waals surface area contributed by atoms with Gasteiger partial charge in [-0.1, -0.05) is 30.3 Å². The number of carbonyl (C=O) groups excluding carboxylic acids is 1. The summed E-state index contributed by atoms with van der Waals surface area (Å²) in [6.07, 6.45) is 3.68. The summed E-state index contributed by atoms with van der Waals surface area (Å²) in [5.74, 6) is 0. The van der Waals surface area contributed by atoms with Crippen molar-refractivity contribution in [3.63, 3.8) is 0 Å². The molecule has 1 fully saturated rings. The number of alkyl carbamates (subject to hydrolysis) is 1. The van der Waals surface area contributed by atoms with Crippen molar-refractivity contribution in [1.82, 2.24) is 5.32 Å². The average Bonchev–Trinajstić information content (AvgIpc) is 3.22. The number of aliphatic hydroxyl groups is 1. The van der Waals surface area contributed by atoms with Gasteiger partial charge in [-0.25, -0.2) is 4.79 Å². The van der Waals surface area contributed by atoms with Gasteiger partial charge >= 0.3 is 6.09 Å². The predicted octanol–water partition coefficient (Wildman–Crippen LogP) is 2.47. The van der Waals surface area contributed by atoms with Gasteiger partial charge in [0, 0.05) is 13.2 Å². The summed E-state index contributed by atoms with van der Waals surface area (Å²) in [5, 5.41) is 11.7. The number of hydrogen-bond donors (Lipinski definition) is 2. The number of ether oxygens (including phenoxy) is 1. The van der Waals surface area contributed by atoms with E-state index in [4.69, 9.17) is 9.84 Å². The van der Waals surface area contributed by atoms with E-state index in [1.54, 1.807) is 0 Å². The molecule has 4 heteroatoms. The molecule has 1 aliphatic carbocycles. The first kappa shape index (κ1) is 13.9. The van der Waals surface area contributed by atoms with Gasteiger partial charge in [0.05, 0.1) is 0 Å². The van der Waals surface area contributed by atoms with Crippen molar-refractivity contribution in [3.8, 4) is 0 Å². The summed E-state index contributed by atoms with van der Waals surface area (Å²) in [5.41, 5.74) is 1.20. The van der Waals surface area contributed by atoms with Gasteiger partial charge in [-0.3, -0.25) is 0 Å². The average molecular weight is 263 g/mol. The van der Waals surface area contributed by atoms with E-state index in [2.05, 4.69) is 5.32 Å². The smallest absolute Gasteiger partial charge is 0.407 e. The number of nitrogens with one attached hydrogen (secondary N) is 1. The third-order valence-electron chi connectivity index (χ3n) is 3.64. The number of carbonyl (C=O) groups is 1. The van der Waals surface area contributed by atoms with Crippen LogP contribution in [0.15, 0.2) is 30.3 Å². The Morgan fingerprint density at radius 1 is 1.32 bits per heavy atom. The molecule has 2 rings (SSSR count).